The van der Waals surface area contributed by atoms with E-state index in [1.165, 1.54) is 0 Å². The van der Waals surface area contributed by atoms with Gasteiger partial charge in [0.1, 0.15) is 10.7 Å². The zero-order valence-corrected chi connectivity index (χ0v) is 12.2. The number of hydrogen-bond acceptors (Lipinski definition) is 4. The molecule has 5 nitrogen and oxygen atoms in total. The van der Waals surface area contributed by atoms with Crippen molar-refractivity contribution in [1.29, 1.82) is 0 Å². The summed E-state index contributed by atoms with van der Waals surface area (Å²) < 4.78 is 0.780. The fourth-order valence-corrected chi connectivity index (χ4v) is 2.17. The van der Waals surface area contributed by atoms with Crippen LogP contribution in [0, 0.1) is 0 Å². The number of hydrogen-bond donors (Lipinski definition) is 2. The van der Waals surface area contributed by atoms with Crippen LogP contribution in [0.3, 0.4) is 0 Å². The van der Waals surface area contributed by atoms with Gasteiger partial charge in [0.05, 0.1) is 6.54 Å². The highest BCUT2D eigenvalue weighted by molar-refractivity contribution is 9.18. The molecule has 1 amide bonds. The molecule has 1 unspecified atom stereocenters. The Bertz CT molecular complexity index is 464. The minimum Gasteiger partial charge on any atom is -0.390 e. The average Bonchev–Trinajstić information content (AvgIpc) is 2.83. The predicted molar refractivity (Wildman–Crippen MR) is 78.4 cm³/mol. The summed E-state index contributed by atoms with van der Waals surface area (Å²) in [7, 11) is 0. The van der Waals surface area contributed by atoms with E-state index >= 15 is 0 Å². The number of para-hydroxylation sites is 1. The molecule has 6 heteroatoms. The fraction of sp³-hybridized carbons (Fsp3) is 0.385. The van der Waals surface area contributed by atoms with Crippen LogP contribution >= 0.6 is 15.9 Å². The van der Waals surface area contributed by atoms with E-state index in [4.69, 9.17) is 4.84 Å². The zero-order valence-electron chi connectivity index (χ0n) is 10.6. The quantitative estimate of drug-likeness (QED) is 0.871. The van der Waals surface area contributed by atoms with Gasteiger partial charge in [-0.2, -0.15) is 0 Å². The van der Waals surface area contributed by atoms with E-state index in [0.717, 1.165) is 10.3 Å². The predicted octanol–water partition coefficient (Wildman–Crippen LogP) is 2.10. The Morgan fingerprint density at radius 1 is 1.53 bits per heavy atom. The first-order valence-corrected chi connectivity index (χ1v) is 6.92. The molecule has 0 spiro atoms. The molecule has 19 heavy (non-hydrogen) atoms. The van der Waals surface area contributed by atoms with Crippen LogP contribution in [0.15, 0.2) is 35.5 Å². The van der Waals surface area contributed by atoms with Crippen LogP contribution < -0.4 is 10.6 Å². The number of amides is 1. The highest BCUT2D eigenvalue weighted by Crippen LogP contribution is 2.13. The number of carbonyl (C=O) groups excluding carboxylic acids is 1. The summed E-state index contributed by atoms with van der Waals surface area (Å²) in [6, 6.07) is 9.34. The van der Waals surface area contributed by atoms with Crippen LogP contribution in [0.2, 0.25) is 0 Å². The Morgan fingerprint density at radius 2 is 2.26 bits per heavy atom. The Kier molecular flexibility index (Phi) is 4.79. The Balaban J connectivity index is 1.74. The number of carbonyl (C=O) groups is 1. The van der Waals surface area contributed by atoms with Crippen molar-refractivity contribution < 1.29 is 9.63 Å². The van der Waals surface area contributed by atoms with Crippen LogP contribution in [-0.2, 0) is 9.63 Å². The van der Waals surface area contributed by atoms with Gasteiger partial charge in [-0.25, -0.2) is 0 Å². The van der Waals surface area contributed by atoms with Crippen molar-refractivity contribution in [2.75, 3.05) is 11.9 Å². The SMILES string of the molecule is C[C@H](Nc1ccccc1)C(=O)NCC1CC(Br)=NO1. The van der Waals surface area contributed by atoms with E-state index in [1.54, 1.807) is 0 Å². The van der Waals surface area contributed by atoms with Gasteiger partial charge in [-0.3, -0.25) is 4.79 Å². The molecule has 0 saturated heterocycles. The van der Waals surface area contributed by atoms with E-state index < -0.39 is 0 Å². The first-order valence-electron chi connectivity index (χ1n) is 6.12. The van der Waals surface area contributed by atoms with Gasteiger partial charge < -0.3 is 15.5 Å². The number of anilines is 1. The summed E-state index contributed by atoms with van der Waals surface area (Å²) in [5.41, 5.74) is 0.924. The molecule has 2 rings (SSSR count). The molecular weight excluding hydrogens is 310 g/mol. The van der Waals surface area contributed by atoms with Crippen LogP contribution in [0.5, 0.6) is 0 Å². The average molecular weight is 326 g/mol. The Morgan fingerprint density at radius 3 is 2.89 bits per heavy atom. The topological polar surface area (TPSA) is 62.7 Å². The number of benzene rings is 1. The van der Waals surface area contributed by atoms with Gasteiger partial charge in [0.25, 0.3) is 0 Å². The number of nitrogens with zero attached hydrogens (tertiary/aromatic N) is 1. The zero-order chi connectivity index (χ0) is 13.7. The van der Waals surface area contributed by atoms with Gasteiger partial charge in [-0.1, -0.05) is 23.4 Å². The molecule has 1 aliphatic heterocycles. The summed E-state index contributed by atoms with van der Waals surface area (Å²) in [4.78, 5) is 17.0. The molecule has 0 fully saturated rings. The van der Waals surface area contributed by atoms with Crippen LogP contribution in [0.1, 0.15) is 13.3 Å². The van der Waals surface area contributed by atoms with Gasteiger partial charge in [-0.05, 0) is 35.0 Å². The van der Waals surface area contributed by atoms with E-state index in [1.807, 2.05) is 37.3 Å². The lowest BCUT2D eigenvalue weighted by atomic mass is 10.2. The second-order valence-electron chi connectivity index (χ2n) is 4.38. The minimum atomic E-state index is -0.298. The summed E-state index contributed by atoms with van der Waals surface area (Å²) in [5.74, 6) is -0.0597. The smallest absolute Gasteiger partial charge is 0.242 e. The van der Waals surface area contributed by atoms with Crippen molar-refractivity contribution in [1.82, 2.24) is 5.32 Å². The van der Waals surface area contributed by atoms with Crippen LogP contribution in [-0.4, -0.2) is 29.2 Å². The van der Waals surface area contributed by atoms with E-state index in [0.29, 0.717) is 13.0 Å². The summed E-state index contributed by atoms with van der Waals surface area (Å²) in [6.07, 6.45) is 0.614. The molecule has 2 N–H and O–H groups in total. The fourth-order valence-electron chi connectivity index (χ4n) is 1.72. The lowest BCUT2D eigenvalue weighted by Crippen LogP contribution is -2.41. The van der Waals surface area contributed by atoms with Crippen molar-refractivity contribution in [3.8, 4) is 0 Å². The first kappa shape index (κ1) is 13.9. The maximum atomic E-state index is 11.9. The van der Waals surface area contributed by atoms with Crippen molar-refractivity contribution in [2.45, 2.75) is 25.5 Å². The maximum absolute atomic E-state index is 11.9. The molecule has 1 heterocycles. The maximum Gasteiger partial charge on any atom is 0.242 e. The van der Waals surface area contributed by atoms with Crippen LogP contribution in [0.25, 0.3) is 0 Å². The molecule has 0 saturated carbocycles. The first-order chi connectivity index (χ1) is 9.15. The lowest BCUT2D eigenvalue weighted by molar-refractivity contribution is -0.122. The number of nitrogens with one attached hydrogen (secondary N) is 2. The van der Waals surface area contributed by atoms with Gasteiger partial charge in [0.2, 0.25) is 5.91 Å². The van der Waals surface area contributed by atoms with Crippen molar-refractivity contribution in [3.05, 3.63) is 30.3 Å². The standard InChI is InChI=1S/C13H16BrN3O2/c1-9(16-10-5-3-2-4-6-10)13(18)15-8-11-7-12(14)17-19-11/h2-6,9,11,16H,7-8H2,1H3,(H,15,18)/t9-,11?/m0/s1. The monoisotopic (exact) mass is 325 g/mol. The highest BCUT2D eigenvalue weighted by Gasteiger charge is 2.21. The molecule has 0 bridgehead atoms. The molecular formula is C13H16BrN3O2. The molecule has 1 aromatic carbocycles. The molecule has 1 aliphatic rings. The van der Waals surface area contributed by atoms with Gasteiger partial charge in [0.15, 0.2) is 6.10 Å². The Labute approximate surface area is 120 Å². The van der Waals surface area contributed by atoms with Crippen molar-refractivity contribution in [3.63, 3.8) is 0 Å². The third-order valence-corrected chi connectivity index (χ3v) is 3.22. The molecule has 0 aromatic heterocycles. The van der Waals surface area contributed by atoms with Crippen molar-refractivity contribution >= 4 is 32.1 Å². The second kappa shape index (κ2) is 6.56. The summed E-state index contributed by atoms with van der Waals surface area (Å²) in [5, 5.41) is 9.75. The van der Waals surface area contributed by atoms with Gasteiger partial charge in [-0.15, -0.1) is 0 Å². The largest absolute Gasteiger partial charge is 0.390 e. The molecule has 1 aromatic rings. The molecule has 2 atom stereocenters. The van der Waals surface area contributed by atoms with Gasteiger partial charge in [0, 0.05) is 12.1 Å². The van der Waals surface area contributed by atoms with E-state index in [-0.39, 0.29) is 18.1 Å². The second-order valence-corrected chi connectivity index (χ2v) is 5.29. The lowest BCUT2D eigenvalue weighted by Gasteiger charge is -2.16. The van der Waals surface area contributed by atoms with Crippen LogP contribution in [0.4, 0.5) is 5.69 Å². The minimum absolute atomic E-state index is 0.0597. The summed E-state index contributed by atoms with van der Waals surface area (Å²) in [6.45, 7) is 2.28. The van der Waals surface area contributed by atoms with Crippen molar-refractivity contribution in [2.24, 2.45) is 5.16 Å². The number of oxime groups is 1. The molecule has 0 radical (unpaired) electrons. The third-order valence-electron chi connectivity index (χ3n) is 2.75. The number of halogens is 1. The molecule has 102 valence electrons. The normalized spacial score (nSPS) is 19.3. The summed E-state index contributed by atoms with van der Waals surface area (Å²) >= 11 is 3.26. The molecule has 0 aliphatic carbocycles. The van der Waals surface area contributed by atoms with E-state index in [9.17, 15) is 4.79 Å². The highest BCUT2D eigenvalue weighted by atomic mass is 79.9. The number of rotatable bonds is 5. The Hall–Kier alpha value is -1.56. The van der Waals surface area contributed by atoms with E-state index in [2.05, 4.69) is 31.7 Å². The third kappa shape index (κ3) is 4.24. The van der Waals surface area contributed by atoms with Gasteiger partial charge >= 0.3 is 0 Å².